The van der Waals surface area contributed by atoms with Gasteiger partial charge in [0.1, 0.15) is 0 Å². The zero-order chi connectivity index (χ0) is 13.8. The summed E-state index contributed by atoms with van der Waals surface area (Å²) in [7, 11) is 0. The highest BCUT2D eigenvalue weighted by Gasteiger charge is 2.26. The number of urea groups is 1. The number of rotatable bonds is 3. The molecule has 0 radical (unpaired) electrons. The first-order valence-corrected chi connectivity index (χ1v) is 5.69. The molecule has 1 heterocycles. The zero-order valence-electron chi connectivity index (χ0n) is 10.1. The third-order valence-corrected chi connectivity index (χ3v) is 2.63. The van der Waals surface area contributed by atoms with Crippen molar-refractivity contribution >= 4 is 23.6 Å². The van der Waals surface area contributed by atoms with Gasteiger partial charge in [-0.2, -0.15) is 0 Å². The van der Waals surface area contributed by atoms with Crippen LogP contribution in [0.2, 0.25) is 0 Å². The fourth-order valence-electron chi connectivity index (χ4n) is 1.62. The molecular formula is C12H13N3O4. The predicted octanol–water partition coefficient (Wildman–Crippen LogP) is -0.0226. The number of nitrogens with one attached hydrogen (secondary N) is 1. The number of hydrogen-bond donors (Lipinski definition) is 2. The van der Waals surface area contributed by atoms with E-state index in [1.807, 2.05) is 0 Å². The van der Waals surface area contributed by atoms with Crippen LogP contribution in [-0.4, -0.2) is 42.5 Å². The molecule has 0 atom stereocenters. The van der Waals surface area contributed by atoms with Gasteiger partial charge in [0.15, 0.2) is 6.61 Å². The normalized spacial score (nSPS) is 14.1. The Bertz CT molecular complexity index is 512. The SMILES string of the molecule is Nc1ccc(C(=O)OCC(=O)N2CCNC2=O)cc1. The van der Waals surface area contributed by atoms with Crippen LogP contribution in [0.1, 0.15) is 10.4 Å². The lowest BCUT2D eigenvalue weighted by Gasteiger charge is -2.12. The number of imide groups is 1. The molecule has 1 fully saturated rings. The third kappa shape index (κ3) is 3.01. The van der Waals surface area contributed by atoms with Crippen molar-refractivity contribution in [2.45, 2.75) is 0 Å². The molecule has 0 bridgehead atoms. The molecule has 3 N–H and O–H groups in total. The Kier molecular flexibility index (Phi) is 3.65. The summed E-state index contributed by atoms with van der Waals surface area (Å²) < 4.78 is 4.84. The first kappa shape index (κ1) is 12.9. The topological polar surface area (TPSA) is 102 Å². The van der Waals surface area contributed by atoms with E-state index >= 15 is 0 Å². The summed E-state index contributed by atoms with van der Waals surface area (Å²) in [6, 6.07) is 5.67. The molecule has 1 aromatic carbocycles. The van der Waals surface area contributed by atoms with E-state index in [9.17, 15) is 14.4 Å². The van der Waals surface area contributed by atoms with E-state index in [1.54, 1.807) is 12.1 Å². The van der Waals surface area contributed by atoms with Crippen LogP contribution in [0.3, 0.4) is 0 Å². The molecule has 0 aromatic heterocycles. The first-order valence-electron chi connectivity index (χ1n) is 5.69. The van der Waals surface area contributed by atoms with Crippen molar-refractivity contribution < 1.29 is 19.1 Å². The van der Waals surface area contributed by atoms with E-state index in [2.05, 4.69) is 5.32 Å². The molecule has 0 unspecified atom stereocenters. The standard InChI is InChI=1S/C12H13N3O4/c13-9-3-1-8(2-4-9)11(17)19-7-10(16)15-6-5-14-12(15)18/h1-4H,5-7,13H2,(H,14,18). The quantitative estimate of drug-likeness (QED) is 0.589. The Morgan fingerprint density at radius 1 is 1.32 bits per heavy atom. The monoisotopic (exact) mass is 263 g/mol. The van der Waals surface area contributed by atoms with Crippen LogP contribution < -0.4 is 11.1 Å². The summed E-state index contributed by atoms with van der Waals surface area (Å²) in [6.07, 6.45) is 0. The van der Waals surface area contributed by atoms with E-state index in [-0.39, 0.29) is 6.54 Å². The number of esters is 1. The molecule has 0 spiro atoms. The number of nitrogens with two attached hydrogens (primary N) is 1. The van der Waals surface area contributed by atoms with Crippen molar-refractivity contribution in [3.63, 3.8) is 0 Å². The first-order chi connectivity index (χ1) is 9.08. The van der Waals surface area contributed by atoms with Gasteiger partial charge in [-0.05, 0) is 24.3 Å². The highest BCUT2D eigenvalue weighted by Crippen LogP contribution is 2.07. The number of amides is 3. The number of anilines is 1. The Morgan fingerprint density at radius 2 is 2.00 bits per heavy atom. The molecule has 1 aliphatic rings. The molecule has 19 heavy (non-hydrogen) atoms. The third-order valence-electron chi connectivity index (χ3n) is 2.63. The van der Waals surface area contributed by atoms with Gasteiger partial charge < -0.3 is 15.8 Å². The second-order valence-electron chi connectivity index (χ2n) is 3.98. The minimum Gasteiger partial charge on any atom is -0.452 e. The Hall–Kier alpha value is -2.57. The fraction of sp³-hybridized carbons (Fsp3) is 0.250. The summed E-state index contributed by atoms with van der Waals surface area (Å²) in [6.45, 7) is 0.240. The minimum atomic E-state index is -0.632. The Balaban J connectivity index is 1.88. The summed E-state index contributed by atoms with van der Waals surface area (Å²) in [5, 5.41) is 2.49. The summed E-state index contributed by atoms with van der Waals surface area (Å²) in [4.78, 5) is 35.5. The summed E-state index contributed by atoms with van der Waals surface area (Å²) >= 11 is 0. The molecule has 3 amide bonds. The molecular weight excluding hydrogens is 250 g/mol. The number of nitrogen functional groups attached to an aromatic ring is 1. The van der Waals surface area contributed by atoms with Gasteiger partial charge in [0.05, 0.1) is 5.56 Å². The van der Waals surface area contributed by atoms with Crippen molar-refractivity contribution in [3.05, 3.63) is 29.8 Å². The van der Waals surface area contributed by atoms with E-state index in [0.29, 0.717) is 17.8 Å². The maximum atomic E-state index is 11.6. The fourth-order valence-corrected chi connectivity index (χ4v) is 1.62. The number of hydrogen-bond acceptors (Lipinski definition) is 5. The molecule has 0 aliphatic carbocycles. The zero-order valence-corrected chi connectivity index (χ0v) is 10.1. The molecule has 7 nitrogen and oxygen atoms in total. The highest BCUT2D eigenvalue weighted by atomic mass is 16.5. The predicted molar refractivity (Wildman–Crippen MR) is 66.2 cm³/mol. The molecule has 1 aliphatic heterocycles. The van der Waals surface area contributed by atoms with Crippen LogP contribution in [0.4, 0.5) is 10.5 Å². The van der Waals surface area contributed by atoms with Crippen molar-refractivity contribution in [3.8, 4) is 0 Å². The lowest BCUT2D eigenvalue weighted by atomic mass is 10.2. The number of carbonyl (C=O) groups excluding carboxylic acids is 3. The van der Waals surface area contributed by atoms with Gasteiger partial charge in [0.2, 0.25) is 0 Å². The van der Waals surface area contributed by atoms with Gasteiger partial charge in [-0.15, -0.1) is 0 Å². The molecule has 7 heteroatoms. The molecule has 1 aromatic rings. The van der Waals surface area contributed by atoms with Crippen molar-refractivity contribution in [2.24, 2.45) is 0 Å². The van der Waals surface area contributed by atoms with Crippen LogP contribution in [0.5, 0.6) is 0 Å². The molecule has 100 valence electrons. The Morgan fingerprint density at radius 3 is 2.58 bits per heavy atom. The largest absolute Gasteiger partial charge is 0.452 e. The second-order valence-corrected chi connectivity index (χ2v) is 3.98. The van der Waals surface area contributed by atoms with Gasteiger partial charge >= 0.3 is 12.0 Å². The number of ether oxygens (including phenoxy) is 1. The van der Waals surface area contributed by atoms with Crippen LogP contribution in [0.15, 0.2) is 24.3 Å². The van der Waals surface area contributed by atoms with E-state index in [1.165, 1.54) is 12.1 Å². The smallest absolute Gasteiger partial charge is 0.338 e. The average Bonchev–Trinajstić information content (AvgIpc) is 2.83. The van der Waals surface area contributed by atoms with E-state index < -0.39 is 24.5 Å². The molecule has 1 saturated heterocycles. The number of nitrogens with zero attached hydrogens (tertiary/aromatic N) is 1. The maximum absolute atomic E-state index is 11.6. The van der Waals surface area contributed by atoms with Gasteiger partial charge in [-0.1, -0.05) is 0 Å². The highest BCUT2D eigenvalue weighted by molar-refractivity contribution is 5.98. The van der Waals surface area contributed by atoms with Gasteiger partial charge in [0.25, 0.3) is 5.91 Å². The Labute approximate surface area is 109 Å². The van der Waals surface area contributed by atoms with Crippen molar-refractivity contribution in [1.82, 2.24) is 10.2 Å². The van der Waals surface area contributed by atoms with Gasteiger partial charge in [-0.25, -0.2) is 9.59 Å². The van der Waals surface area contributed by atoms with E-state index in [4.69, 9.17) is 10.5 Å². The van der Waals surface area contributed by atoms with Crippen molar-refractivity contribution in [2.75, 3.05) is 25.4 Å². The second kappa shape index (κ2) is 5.38. The van der Waals surface area contributed by atoms with Crippen LogP contribution in [0, 0.1) is 0 Å². The number of benzene rings is 1. The lowest BCUT2D eigenvalue weighted by molar-refractivity contribution is -0.130. The maximum Gasteiger partial charge on any atom is 0.338 e. The average molecular weight is 263 g/mol. The van der Waals surface area contributed by atoms with E-state index in [0.717, 1.165) is 4.90 Å². The number of carbonyl (C=O) groups is 3. The van der Waals surface area contributed by atoms with Gasteiger partial charge in [0, 0.05) is 18.8 Å². The van der Waals surface area contributed by atoms with Gasteiger partial charge in [-0.3, -0.25) is 9.69 Å². The van der Waals surface area contributed by atoms with Crippen LogP contribution in [0.25, 0.3) is 0 Å². The summed E-state index contributed by atoms with van der Waals surface area (Å²) in [5.41, 5.74) is 6.32. The van der Waals surface area contributed by atoms with Crippen LogP contribution >= 0.6 is 0 Å². The molecule has 0 saturated carbocycles. The lowest BCUT2D eigenvalue weighted by Crippen LogP contribution is -2.37. The van der Waals surface area contributed by atoms with Crippen LogP contribution in [-0.2, 0) is 9.53 Å². The summed E-state index contributed by atoms with van der Waals surface area (Å²) in [5.74, 6) is -1.17. The minimum absolute atomic E-state index is 0.289. The molecule has 2 rings (SSSR count). The van der Waals surface area contributed by atoms with Crippen molar-refractivity contribution in [1.29, 1.82) is 0 Å².